The number of quaternary nitrogens is 1. The van der Waals surface area contributed by atoms with Gasteiger partial charge in [-0.25, -0.2) is 9.97 Å². The van der Waals surface area contributed by atoms with Crippen LogP contribution in [0.5, 0.6) is 5.75 Å². The average Bonchev–Trinajstić information content (AvgIpc) is 3.10. The average molecular weight is 400 g/mol. The first-order valence-corrected chi connectivity index (χ1v) is 9.80. The van der Waals surface area contributed by atoms with E-state index in [9.17, 15) is 0 Å². The van der Waals surface area contributed by atoms with E-state index >= 15 is 0 Å². The molecule has 4 rings (SSSR count). The summed E-state index contributed by atoms with van der Waals surface area (Å²) in [4.78, 5) is 12.7. The molecule has 0 unspecified atom stereocenters. The summed E-state index contributed by atoms with van der Waals surface area (Å²) in [5, 5.41) is 4.57. The molecule has 0 radical (unpaired) electrons. The van der Waals surface area contributed by atoms with Gasteiger partial charge in [0.05, 0.1) is 32.8 Å². The number of hydrogen-bond acceptors (Lipinski definition) is 7. The van der Waals surface area contributed by atoms with Crippen LogP contribution in [0.1, 0.15) is 6.92 Å². The van der Waals surface area contributed by atoms with Crippen molar-refractivity contribution in [2.75, 3.05) is 37.7 Å². The van der Waals surface area contributed by atoms with Crippen LogP contribution in [0.3, 0.4) is 0 Å². The van der Waals surface area contributed by atoms with Crippen LogP contribution in [0.2, 0.25) is 0 Å². The van der Waals surface area contributed by atoms with Crippen LogP contribution in [0.25, 0.3) is 11.5 Å². The zero-order chi connectivity index (χ0) is 19.3. The molecule has 1 fully saturated rings. The van der Waals surface area contributed by atoms with Gasteiger partial charge in [-0.3, -0.25) is 0 Å². The van der Waals surface area contributed by atoms with E-state index in [1.165, 1.54) is 4.90 Å². The lowest BCUT2D eigenvalue weighted by Crippen LogP contribution is -3.14. The number of ether oxygens (including phenoxy) is 1. The summed E-state index contributed by atoms with van der Waals surface area (Å²) in [5.41, 5.74) is 0.884. The van der Waals surface area contributed by atoms with Crippen molar-refractivity contribution in [2.45, 2.75) is 13.6 Å². The van der Waals surface area contributed by atoms with Crippen LogP contribution in [0.15, 0.2) is 47.1 Å². The van der Waals surface area contributed by atoms with Gasteiger partial charge in [-0.2, -0.15) is 4.68 Å². The van der Waals surface area contributed by atoms with Gasteiger partial charge in [0.15, 0.2) is 6.67 Å². The lowest BCUT2D eigenvalue weighted by atomic mass is 10.2. The molecule has 0 aliphatic carbocycles. The van der Waals surface area contributed by atoms with E-state index in [1.54, 1.807) is 17.1 Å². The third kappa shape index (κ3) is 4.20. The van der Waals surface area contributed by atoms with Crippen LogP contribution in [0.4, 0.5) is 5.95 Å². The first-order chi connectivity index (χ1) is 13.7. The minimum atomic E-state index is 0.394. The number of rotatable bonds is 6. The van der Waals surface area contributed by atoms with Crippen molar-refractivity contribution in [1.29, 1.82) is 0 Å². The fourth-order valence-electron chi connectivity index (χ4n) is 3.23. The maximum absolute atomic E-state index is 5.71. The fraction of sp³-hybridized carbons (Fsp3) is 0.368. The van der Waals surface area contributed by atoms with Crippen molar-refractivity contribution in [1.82, 2.24) is 19.7 Å². The van der Waals surface area contributed by atoms with E-state index in [1.807, 2.05) is 37.3 Å². The number of piperazine rings is 1. The Balaban J connectivity index is 1.39. The van der Waals surface area contributed by atoms with E-state index in [2.05, 4.69) is 20.0 Å². The van der Waals surface area contributed by atoms with Gasteiger partial charge in [0.1, 0.15) is 5.75 Å². The molecule has 3 aromatic rings. The highest BCUT2D eigenvalue weighted by molar-refractivity contribution is 7.71. The van der Waals surface area contributed by atoms with Crippen LogP contribution < -0.4 is 14.5 Å². The van der Waals surface area contributed by atoms with E-state index in [4.69, 9.17) is 21.4 Å². The van der Waals surface area contributed by atoms with Gasteiger partial charge in [-0.15, -0.1) is 5.10 Å². The van der Waals surface area contributed by atoms with Crippen LogP contribution in [-0.2, 0) is 6.67 Å². The number of anilines is 1. The molecule has 1 saturated heterocycles. The van der Waals surface area contributed by atoms with Gasteiger partial charge in [0.2, 0.25) is 11.8 Å². The quantitative estimate of drug-likeness (QED) is 0.629. The highest BCUT2D eigenvalue weighted by atomic mass is 32.1. The fourth-order valence-corrected chi connectivity index (χ4v) is 3.41. The summed E-state index contributed by atoms with van der Waals surface area (Å²) in [6, 6.07) is 9.52. The molecule has 3 heterocycles. The molecule has 9 heteroatoms. The molecule has 0 bridgehead atoms. The van der Waals surface area contributed by atoms with Crippen molar-refractivity contribution in [3.8, 4) is 17.2 Å². The minimum Gasteiger partial charge on any atom is -0.494 e. The summed E-state index contributed by atoms with van der Waals surface area (Å²) >= 11 is 5.37. The number of nitrogens with zero attached hydrogens (tertiary/aromatic N) is 5. The van der Waals surface area contributed by atoms with Gasteiger partial charge in [0, 0.05) is 18.0 Å². The molecule has 0 saturated carbocycles. The van der Waals surface area contributed by atoms with Crippen LogP contribution in [-0.4, -0.2) is 52.5 Å². The number of aromatic nitrogens is 4. The Kier molecular flexibility index (Phi) is 5.63. The summed E-state index contributed by atoms with van der Waals surface area (Å²) in [6.45, 7) is 7.01. The largest absolute Gasteiger partial charge is 0.494 e. The lowest BCUT2D eigenvalue weighted by molar-refractivity contribution is -0.924. The molecular formula is C19H23N6O2S+. The zero-order valence-electron chi connectivity index (χ0n) is 15.7. The highest BCUT2D eigenvalue weighted by Crippen LogP contribution is 2.21. The molecule has 146 valence electrons. The molecule has 28 heavy (non-hydrogen) atoms. The van der Waals surface area contributed by atoms with Gasteiger partial charge in [-0.1, -0.05) is 0 Å². The third-order valence-corrected chi connectivity index (χ3v) is 4.99. The standard InChI is InChI=1S/C19H22N6O2S/c1-2-26-16-6-4-15(5-7-16)17-22-25(19(28)27-17)14-23-10-12-24(13-11-23)18-20-8-3-9-21-18/h3-9H,2,10-14H2,1H3/p+1. The predicted octanol–water partition coefficient (Wildman–Crippen LogP) is 1.42. The Morgan fingerprint density at radius 2 is 1.86 bits per heavy atom. The molecule has 1 aromatic carbocycles. The minimum absolute atomic E-state index is 0.394. The first kappa shape index (κ1) is 18.6. The van der Waals surface area contributed by atoms with E-state index in [0.717, 1.165) is 43.4 Å². The second kappa shape index (κ2) is 8.49. The summed E-state index contributed by atoms with van der Waals surface area (Å²) in [6.07, 6.45) is 3.55. The molecule has 0 atom stereocenters. The molecule has 0 spiro atoms. The van der Waals surface area contributed by atoms with Gasteiger partial charge < -0.3 is 19.0 Å². The Hall–Kier alpha value is -2.78. The Bertz CT molecular complexity index is 949. The normalized spacial score (nSPS) is 15.0. The predicted molar refractivity (Wildman–Crippen MR) is 107 cm³/mol. The number of hydrogen-bond donors (Lipinski definition) is 1. The summed E-state index contributed by atoms with van der Waals surface area (Å²) < 4.78 is 13.0. The monoisotopic (exact) mass is 399 g/mol. The smallest absolute Gasteiger partial charge is 0.292 e. The summed E-state index contributed by atoms with van der Waals surface area (Å²) in [5.74, 6) is 2.15. The second-order valence-electron chi connectivity index (χ2n) is 6.57. The maximum Gasteiger partial charge on any atom is 0.292 e. The van der Waals surface area contributed by atoms with Gasteiger partial charge >= 0.3 is 0 Å². The topological polar surface area (TPSA) is 73.7 Å². The molecule has 0 amide bonds. The highest BCUT2D eigenvalue weighted by Gasteiger charge is 2.23. The Labute approximate surface area is 168 Å². The van der Waals surface area contributed by atoms with Crippen molar-refractivity contribution >= 4 is 18.2 Å². The van der Waals surface area contributed by atoms with Crippen molar-refractivity contribution < 1.29 is 14.1 Å². The Morgan fingerprint density at radius 1 is 1.14 bits per heavy atom. The van der Waals surface area contributed by atoms with Crippen LogP contribution >= 0.6 is 12.2 Å². The molecule has 1 aliphatic rings. The molecule has 2 aromatic heterocycles. The molecular weight excluding hydrogens is 376 g/mol. The van der Waals surface area contributed by atoms with Crippen LogP contribution in [0, 0.1) is 4.84 Å². The van der Waals surface area contributed by atoms with Crippen molar-refractivity contribution in [2.24, 2.45) is 0 Å². The SMILES string of the molecule is CCOc1ccc(-c2nn(C[NH+]3CCN(c4ncccn4)CC3)c(=S)o2)cc1. The molecule has 1 aliphatic heterocycles. The maximum atomic E-state index is 5.71. The molecule has 1 N–H and O–H groups in total. The van der Waals surface area contributed by atoms with Crippen molar-refractivity contribution in [3.05, 3.63) is 47.6 Å². The third-order valence-electron chi connectivity index (χ3n) is 4.70. The first-order valence-electron chi connectivity index (χ1n) is 9.39. The van der Waals surface area contributed by atoms with E-state index in [0.29, 0.717) is 24.0 Å². The van der Waals surface area contributed by atoms with Gasteiger partial charge in [0.25, 0.3) is 4.84 Å². The van der Waals surface area contributed by atoms with E-state index in [-0.39, 0.29) is 0 Å². The number of benzene rings is 1. The zero-order valence-corrected chi connectivity index (χ0v) is 16.6. The van der Waals surface area contributed by atoms with Gasteiger partial charge in [-0.05, 0) is 49.5 Å². The Morgan fingerprint density at radius 3 is 2.54 bits per heavy atom. The van der Waals surface area contributed by atoms with E-state index < -0.39 is 0 Å². The molecule has 8 nitrogen and oxygen atoms in total. The second-order valence-corrected chi connectivity index (χ2v) is 6.92. The lowest BCUT2D eigenvalue weighted by Gasteiger charge is -2.31. The summed E-state index contributed by atoms with van der Waals surface area (Å²) in [7, 11) is 0. The number of nitrogens with one attached hydrogen (secondary N) is 1. The van der Waals surface area contributed by atoms with Crippen molar-refractivity contribution in [3.63, 3.8) is 0 Å².